The van der Waals surface area contributed by atoms with E-state index in [1.54, 1.807) is 6.07 Å². The van der Waals surface area contributed by atoms with E-state index >= 15 is 0 Å². The Kier molecular flexibility index (Phi) is 7.50. The topological polar surface area (TPSA) is 109 Å². The van der Waals surface area contributed by atoms with Gasteiger partial charge in [-0.15, -0.1) is 0 Å². The molecule has 0 unspecified atom stereocenters. The van der Waals surface area contributed by atoms with E-state index in [1.807, 2.05) is 31.2 Å². The Labute approximate surface area is 210 Å². The zero-order chi connectivity index (χ0) is 24.9. The van der Waals surface area contributed by atoms with Crippen molar-refractivity contribution in [3.8, 4) is 5.75 Å². The lowest BCUT2D eigenvalue weighted by Crippen LogP contribution is -2.42. The van der Waals surface area contributed by atoms with Crippen molar-refractivity contribution in [3.63, 3.8) is 0 Å². The van der Waals surface area contributed by atoms with Crippen LogP contribution in [0.25, 0.3) is 0 Å². The first kappa shape index (κ1) is 24.3. The first-order valence-electron chi connectivity index (χ1n) is 12.3. The molecule has 36 heavy (non-hydrogen) atoms. The van der Waals surface area contributed by atoms with E-state index in [0.29, 0.717) is 38.0 Å². The molecule has 190 valence electrons. The molecule has 0 radical (unpaired) electrons. The van der Waals surface area contributed by atoms with Gasteiger partial charge in [0.1, 0.15) is 12.4 Å². The number of nitrogens with zero attached hydrogens (tertiary/aromatic N) is 2. The van der Waals surface area contributed by atoms with Gasteiger partial charge in [-0.25, -0.2) is 4.98 Å². The third-order valence-corrected chi connectivity index (χ3v) is 6.58. The molecule has 9 heteroatoms. The second kappa shape index (κ2) is 11.1. The summed E-state index contributed by atoms with van der Waals surface area (Å²) < 4.78 is 16.4. The zero-order valence-corrected chi connectivity index (χ0v) is 20.4. The Hall–Kier alpha value is -3.40. The average molecular weight is 493 g/mol. The summed E-state index contributed by atoms with van der Waals surface area (Å²) in [6, 6.07) is 13.8. The normalized spacial score (nSPS) is 16.6. The number of aliphatic hydroxyl groups excluding tert-OH is 1. The van der Waals surface area contributed by atoms with Crippen LogP contribution in [0.2, 0.25) is 0 Å². The highest BCUT2D eigenvalue weighted by molar-refractivity contribution is 5.95. The Morgan fingerprint density at radius 2 is 2.14 bits per heavy atom. The highest BCUT2D eigenvalue weighted by Gasteiger charge is 2.21. The first-order chi connectivity index (χ1) is 17.5. The fourth-order valence-corrected chi connectivity index (χ4v) is 4.43. The lowest BCUT2D eigenvalue weighted by molar-refractivity contribution is 0.0211. The van der Waals surface area contributed by atoms with Crippen LogP contribution in [0.5, 0.6) is 5.75 Å². The number of anilines is 1. The van der Waals surface area contributed by atoms with Gasteiger partial charge in [0.25, 0.3) is 5.91 Å². The number of fused-ring (bicyclic) bond motifs is 1. The first-order valence-corrected chi connectivity index (χ1v) is 12.3. The minimum Gasteiger partial charge on any atom is -0.486 e. The van der Waals surface area contributed by atoms with Gasteiger partial charge in [0.15, 0.2) is 12.2 Å². The number of carbonyl (C=O) groups excluding carboxylic acids is 1. The number of β-amino-alcohol motifs (C(OH)–C–C–N with tert-alkyl or cyclic N) is 1. The van der Waals surface area contributed by atoms with Gasteiger partial charge in [-0.2, -0.15) is 0 Å². The van der Waals surface area contributed by atoms with E-state index in [1.165, 1.54) is 17.5 Å². The summed E-state index contributed by atoms with van der Waals surface area (Å²) in [5.74, 6) is 1.34. The molecule has 3 aromatic rings. The SMILES string of the molecule is Cc1ncoc1COc1ccc2c(c1)CCN(C[C@@H](O)CNC(=O)c1cccc(NC3COC3)c1)C2. The number of carbonyl (C=O) groups is 1. The van der Waals surface area contributed by atoms with Crippen LogP contribution in [0, 0.1) is 6.92 Å². The number of amides is 1. The Morgan fingerprint density at radius 3 is 2.92 bits per heavy atom. The highest BCUT2D eigenvalue weighted by Crippen LogP contribution is 2.25. The van der Waals surface area contributed by atoms with E-state index in [4.69, 9.17) is 13.9 Å². The van der Waals surface area contributed by atoms with E-state index in [-0.39, 0.29) is 12.5 Å². The molecule has 5 rings (SSSR count). The maximum atomic E-state index is 12.6. The number of aromatic nitrogens is 1. The summed E-state index contributed by atoms with van der Waals surface area (Å²) in [7, 11) is 0. The predicted molar refractivity (Wildman–Crippen MR) is 134 cm³/mol. The van der Waals surface area contributed by atoms with E-state index in [0.717, 1.165) is 42.4 Å². The molecular formula is C27H32N4O5. The molecule has 3 N–H and O–H groups in total. The molecule has 1 atom stereocenters. The quantitative estimate of drug-likeness (QED) is 0.396. The second-order valence-electron chi connectivity index (χ2n) is 9.39. The van der Waals surface area contributed by atoms with Crippen LogP contribution in [0.4, 0.5) is 5.69 Å². The molecule has 2 aliphatic heterocycles. The van der Waals surface area contributed by atoms with Crippen molar-refractivity contribution in [1.29, 1.82) is 0 Å². The Balaban J connectivity index is 1.07. The van der Waals surface area contributed by atoms with Crippen LogP contribution in [0.1, 0.15) is 32.9 Å². The van der Waals surface area contributed by atoms with Crippen molar-refractivity contribution in [2.75, 3.05) is 38.2 Å². The number of hydrogen-bond donors (Lipinski definition) is 3. The fourth-order valence-electron chi connectivity index (χ4n) is 4.43. The number of nitrogens with one attached hydrogen (secondary N) is 2. The largest absolute Gasteiger partial charge is 0.486 e. The van der Waals surface area contributed by atoms with Gasteiger partial charge in [-0.1, -0.05) is 12.1 Å². The molecule has 2 aromatic carbocycles. The minimum absolute atomic E-state index is 0.195. The predicted octanol–water partition coefficient (Wildman–Crippen LogP) is 2.52. The minimum atomic E-state index is -0.656. The summed E-state index contributed by atoms with van der Waals surface area (Å²) in [4.78, 5) is 18.9. The molecule has 0 bridgehead atoms. The average Bonchev–Trinajstić information content (AvgIpc) is 3.28. The molecule has 2 aliphatic rings. The second-order valence-corrected chi connectivity index (χ2v) is 9.39. The van der Waals surface area contributed by atoms with Crippen molar-refractivity contribution in [2.45, 2.75) is 38.6 Å². The molecule has 0 saturated carbocycles. The number of rotatable bonds is 10. The number of benzene rings is 2. The number of oxazole rings is 1. The number of aryl methyl sites for hydroxylation is 1. The molecule has 0 spiro atoms. The molecule has 1 saturated heterocycles. The summed E-state index contributed by atoms with van der Waals surface area (Å²) >= 11 is 0. The molecule has 1 fully saturated rings. The van der Waals surface area contributed by atoms with Crippen molar-refractivity contribution in [1.82, 2.24) is 15.2 Å². The third kappa shape index (κ3) is 6.04. The van der Waals surface area contributed by atoms with Gasteiger partial charge in [0.2, 0.25) is 0 Å². The van der Waals surface area contributed by atoms with Gasteiger partial charge in [0, 0.05) is 37.4 Å². The van der Waals surface area contributed by atoms with Crippen molar-refractivity contribution >= 4 is 11.6 Å². The van der Waals surface area contributed by atoms with Gasteiger partial charge in [-0.3, -0.25) is 9.69 Å². The lowest BCUT2D eigenvalue weighted by atomic mass is 9.99. The van der Waals surface area contributed by atoms with Crippen LogP contribution in [0.3, 0.4) is 0 Å². The van der Waals surface area contributed by atoms with Crippen LogP contribution >= 0.6 is 0 Å². The molecule has 1 amide bonds. The summed E-state index contributed by atoms with van der Waals surface area (Å²) in [5, 5.41) is 16.8. The standard InChI is InChI=1S/C27H32N4O5/c1-18-26(36-17-29-18)16-35-25-6-5-21-12-31(8-7-19(21)10-25)13-24(32)11-28-27(33)20-3-2-4-22(9-20)30-23-14-34-15-23/h2-6,9-10,17,23-24,30,32H,7-8,11-16H2,1H3,(H,28,33)/t24-/m0/s1. The Morgan fingerprint density at radius 1 is 1.25 bits per heavy atom. The fraction of sp³-hybridized carbons (Fsp3) is 0.407. The number of aliphatic hydroxyl groups is 1. The Bertz CT molecular complexity index is 1190. The van der Waals surface area contributed by atoms with Gasteiger partial charge >= 0.3 is 0 Å². The van der Waals surface area contributed by atoms with E-state index in [2.05, 4.69) is 32.7 Å². The number of ether oxygens (including phenoxy) is 2. The summed E-state index contributed by atoms with van der Waals surface area (Å²) in [6.45, 7) is 5.89. The maximum absolute atomic E-state index is 12.6. The van der Waals surface area contributed by atoms with E-state index < -0.39 is 6.10 Å². The van der Waals surface area contributed by atoms with Gasteiger partial charge in [-0.05, 0) is 54.8 Å². The van der Waals surface area contributed by atoms with Crippen molar-refractivity contribution in [3.05, 3.63) is 77.0 Å². The van der Waals surface area contributed by atoms with Crippen LogP contribution in [-0.2, 0) is 24.3 Å². The van der Waals surface area contributed by atoms with Crippen molar-refractivity contribution in [2.24, 2.45) is 0 Å². The monoisotopic (exact) mass is 492 g/mol. The molecule has 1 aromatic heterocycles. The van der Waals surface area contributed by atoms with Crippen LogP contribution < -0.4 is 15.4 Å². The highest BCUT2D eigenvalue weighted by atomic mass is 16.5. The third-order valence-electron chi connectivity index (χ3n) is 6.58. The molecule has 3 heterocycles. The maximum Gasteiger partial charge on any atom is 0.251 e. The summed E-state index contributed by atoms with van der Waals surface area (Å²) in [5.41, 5.74) is 4.77. The summed E-state index contributed by atoms with van der Waals surface area (Å²) in [6.07, 6.45) is 1.65. The van der Waals surface area contributed by atoms with Gasteiger partial charge < -0.3 is 29.6 Å². The van der Waals surface area contributed by atoms with Crippen LogP contribution in [-0.4, -0.2) is 65.9 Å². The van der Waals surface area contributed by atoms with Crippen LogP contribution in [0.15, 0.2) is 53.3 Å². The number of hydrogen-bond acceptors (Lipinski definition) is 8. The zero-order valence-electron chi connectivity index (χ0n) is 20.4. The van der Waals surface area contributed by atoms with Crippen molar-refractivity contribution < 1.29 is 23.8 Å². The van der Waals surface area contributed by atoms with Gasteiger partial charge in [0.05, 0.1) is 31.1 Å². The smallest absolute Gasteiger partial charge is 0.251 e. The van der Waals surface area contributed by atoms with E-state index in [9.17, 15) is 9.90 Å². The lowest BCUT2D eigenvalue weighted by Gasteiger charge is -2.30. The molecular weight excluding hydrogens is 460 g/mol. The molecule has 0 aliphatic carbocycles. The molecule has 9 nitrogen and oxygen atoms in total.